The van der Waals surface area contributed by atoms with Crippen molar-refractivity contribution in [3.05, 3.63) is 29.8 Å². The van der Waals surface area contributed by atoms with Crippen molar-refractivity contribution in [1.82, 2.24) is 5.32 Å². The molecular formula is C14H18N2O4. The summed E-state index contributed by atoms with van der Waals surface area (Å²) in [7, 11) is 0. The second kappa shape index (κ2) is 7.93. The number of benzene rings is 1. The first-order chi connectivity index (χ1) is 9.52. The fourth-order valence-corrected chi connectivity index (χ4v) is 1.42. The maximum Gasteiger partial charge on any atom is 0.313 e. The van der Waals surface area contributed by atoms with E-state index in [2.05, 4.69) is 10.6 Å². The molecule has 108 valence electrons. The van der Waals surface area contributed by atoms with Crippen molar-refractivity contribution in [1.29, 1.82) is 0 Å². The minimum absolute atomic E-state index is 0.0391. The average molecular weight is 278 g/mol. The number of aryl methyl sites for hydroxylation is 1. The van der Waals surface area contributed by atoms with Crippen molar-refractivity contribution in [2.24, 2.45) is 0 Å². The quantitative estimate of drug-likeness (QED) is 0.621. The van der Waals surface area contributed by atoms with Gasteiger partial charge in [-0.05, 0) is 26.0 Å². The lowest BCUT2D eigenvalue weighted by Gasteiger charge is -2.06. The van der Waals surface area contributed by atoms with Gasteiger partial charge in [0.15, 0.2) is 0 Å². The van der Waals surface area contributed by atoms with Gasteiger partial charge in [-0.3, -0.25) is 14.4 Å². The Bertz CT molecular complexity index is 482. The topological polar surface area (TPSA) is 84.5 Å². The Hall–Kier alpha value is -2.37. The largest absolute Gasteiger partial charge is 0.466 e. The fourth-order valence-electron chi connectivity index (χ4n) is 1.42. The first-order valence-electron chi connectivity index (χ1n) is 6.34. The Balaban J connectivity index is 2.34. The minimum atomic E-state index is -0.783. The maximum absolute atomic E-state index is 11.6. The van der Waals surface area contributed by atoms with Gasteiger partial charge in [0.25, 0.3) is 0 Å². The van der Waals surface area contributed by atoms with Gasteiger partial charge in [0.05, 0.1) is 13.0 Å². The molecule has 0 unspecified atom stereocenters. The number of ether oxygens (including phenoxy) is 1. The van der Waals surface area contributed by atoms with E-state index < -0.39 is 17.8 Å². The van der Waals surface area contributed by atoms with Crippen LogP contribution in [0.2, 0.25) is 0 Å². The van der Waals surface area contributed by atoms with Gasteiger partial charge in [0, 0.05) is 12.2 Å². The van der Waals surface area contributed by atoms with Gasteiger partial charge in [-0.15, -0.1) is 0 Å². The summed E-state index contributed by atoms with van der Waals surface area (Å²) in [6.07, 6.45) is 0.0391. The predicted octanol–water partition coefficient (Wildman–Crippen LogP) is 1.00. The summed E-state index contributed by atoms with van der Waals surface area (Å²) in [5.41, 5.74) is 1.60. The average Bonchev–Trinajstić information content (AvgIpc) is 2.41. The molecule has 0 heterocycles. The van der Waals surface area contributed by atoms with Crippen LogP contribution in [0.1, 0.15) is 18.9 Å². The molecule has 2 amide bonds. The lowest BCUT2D eigenvalue weighted by atomic mass is 10.2. The van der Waals surface area contributed by atoms with E-state index >= 15 is 0 Å². The number of nitrogens with one attached hydrogen (secondary N) is 2. The highest BCUT2D eigenvalue weighted by Crippen LogP contribution is 2.08. The molecule has 0 spiro atoms. The number of carbonyl (C=O) groups is 3. The smallest absolute Gasteiger partial charge is 0.313 e. The van der Waals surface area contributed by atoms with Gasteiger partial charge in [-0.2, -0.15) is 0 Å². The van der Waals surface area contributed by atoms with Crippen molar-refractivity contribution in [3.63, 3.8) is 0 Å². The molecule has 1 rings (SSSR count). The zero-order valence-electron chi connectivity index (χ0n) is 11.6. The first kappa shape index (κ1) is 15.7. The predicted molar refractivity (Wildman–Crippen MR) is 74.1 cm³/mol. The summed E-state index contributed by atoms with van der Waals surface area (Å²) in [4.78, 5) is 34.1. The van der Waals surface area contributed by atoms with E-state index in [1.165, 1.54) is 0 Å². The molecule has 6 nitrogen and oxygen atoms in total. The summed E-state index contributed by atoms with van der Waals surface area (Å²) in [5.74, 6) is -1.96. The van der Waals surface area contributed by atoms with E-state index in [0.29, 0.717) is 12.3 Å². The molecule has 0 bridgehead atoms. The summed E-state index contributed by atoms with van der Waals surface area (Å²) in [5, 5.41) is 4.82. The van der Waals surface area contributed by atoms with Crippen LogP contribution in [0.3, 0.4) is 0 Å². The number of amides is 2. The van der Waals surface area contributed by atoms with Crippen LogP contribution in [0, 0.1) is 6.92 Å². The van der Waals surface area contributed by atoms with E-state index in [1.54, 1.807) is 19.1 Å². The van der Waals surface area contributed by atoms with Crippen LogP contribution >= 0.6 is 0 Å². The Morgan fingerprint density at radius 1 is 1.10 bits per heavy atom. The molecule has 0 saturated carbocycles. The molecule has 0 aliphatic carbocycles. The van der Waals surface area contributed by atoms with Crippen molar-refractivity contribution in [2.45, 2.75) is 20.3 Å². The van der Waals surface area contributed by atoms with Crippen molar-refractivity contribution in [2.75, 3.05) is 18.5 Å². The van der Waals surface area contributed by atoms with Crippen molar-refractivity contribution in [3.8, 4) is 0 Å². The van der Waals surface area contributed by atoms with Gasteiger partial charge >= 0.3 is 17.8 Å². The van der Waals surface area contributed by atoms with Crippen molar-refractivity contribution < 1.29 is 19.1 Å². The molecule has 1 aromatic carbocycles. The van der Waals surface area contributed by atoms with Gasteiger partial charge < -0.3 is 15.4 Å². The molecule has 6 heteroatoms. The number of anilines is 1. The standard InChI is InChI=1S/C14H18N2O4/c1-3-20-12(17)8-9-15-13(18)14(19)16-11-6-4-10(2)5-7-11/h4-7H,3,8-9H2,1-2H3,(H,15,18)(H,16,19). The number of rotatable bonds is 5. The van der Waals surface area contributed by atoms with E-state index in [0.717, 1.165) is 5.56 Å². The molecule has 0 radical (unpaired) electrons. The highest BCUT2D eigenvalue weighted by Gasteiger charge is 2.13. The van der Waals surface area contributed by atoms with E-state index in [4.69, 9.17) is 4.74 Å². The number of carbonyl (C=O) groups excluding carboxylic acids is 3. The molecule has 0 atom stereocenters. The molecule has 0 aliphatic rings. The zero-order valence-corrected chi connectivity index (χ0v) is 11.6. The SMILES string of the molecule is CCOC(=O)CCNC(=O)C(=O)Nc1ccc(C)cc1. The molecule has 0 aliphatic heterocycles. The normalized spacial score (nSPS) is 9.70. The molecule has 0 fully saturated rings. The Kier molecular flexibility index (Phi) is 6.22. The van der Waals surface area contributed by atoms with Gasteiger partial charge in [-0.25, -0.2) is 0 Å². The van der Waals surface area contributed by atoms with E-state index in [9.17, 15) is 14.4 Å². The maximum atomic E-state index is 11.6. The summed E-state index contributed by atoms with van der Waals surface area (Å²) in [6, 6.07) is 7.07. The van der Waals surface area contributed by atoms with Crippen molar-refractivity contribution >= 4 is 23.5 Å². The Morgan fingerprint density at radius 2 is 1.75 bits per heavy atom. The third kappa shape index (κ3) is 5.51. The molecule has 0 saturated heterocycles. The third-order valence-electron chi connectivity index (χ3n) is 2.44. The molecule has 1 aromatic rings. The number of hydrogen-bond donors (Lipinski definition) is 2. The molecule has 20 heavy (non-hydrogen) atoms. The van der Waals surface area contributed by atoms with E-state index in [1.807, 2.05) is 19.1 Å². The third-order valence-corrected chi connectivity index (χ3v) is 2.44. The summed E-state index contributed by atoms with van der Waals surface area (Å²) in [6.45, 7) is 3.98. The van der Waals surface area contributed by atoms with Crippen LogP contribution < -0.4 is 10.6 Å². The zero-order chi connectivity index (χ0) is 15.0. The van der Waals surface area contributed by atoms with Crippen LogP contribution in [0.15, 0.2) is 24.3 Å². The Morgan fingerprint density at radius 3 is 2.35 bits per heavy atom. The molecular weight excluding hydrogens is 260 g/mol. The summed E-state index contributed by atoms with van der Waals surface area (Å²) >= 11 is 0. The molecule has 2 N–H and O–H groups in total. The fraction of sp³-hybridized carbons (Fsp3) is 0.357. The molecule has 0 aromatic heterocycles. The first-order valence-corrected chi connectivity index (χ1v) is 6.34. The van der Waals surface area contributed by atoms with Crippen LogP contribution in [0.25, 0.3) is 0 Å². The summed E-state index contributed by atoms with van der Waals surface area (Å²) < 4.78 is 4.70. The van der Waals surface area contributed by atoms with Gasteiger partial charge in [0.2, 0.25) is 0 Å². The van der Waals surface area contributed by atoms with Crippen LogP contribution in [-0.4, -0.2) is 30.9 Å². The monoisotopic (exact) mass is 278 g/mol. The minimum Gasteiger partial charge on any atom is -0.466 e. The van der Waals surface area contributed by atoms with Gasteiger partial charge in [0.1, 0.15) is 0 Å². The van der Waals surface area contributed by atoms with Gasteiger partial charge in [-0.1, -0.05) is 17.7 Å². The number of esters is 1. The van der Waals surface area contributed by atoms with Crippen LogP contribution in [-0.2, 0) is 19.1 Å². The lowest BCUT2D eigenvalue weighted by molar-refractivity contribution is -0.143. The number of hydrogen-bond acceptors (Lipinski definition) is 4. The highest BCUT2D eigenvalue weighted by atomic mass is 16.5. The lowest BCUT2D eigenvalue weighted by Crippen LogP contribution is -2.36. The second-order valence-electron chi connectivity index (χ2n) is 4.13. The second-order valence-corrected chi connectivity index (χ2v) is 4.13. The van der Waals surface area contributed by atoms with E-state index in [-0.39, 0.29) is 13.0 Å². The van der Waals surface area contributed by atoms with Crippen LogP contribution in [0.4, 0.5) is 5.69 Å². The highest BCUT2D eigenvalue weighted by molar-refractivity contribution is 6.39. The Labute approximate surface area is 117 Å². The van der Waals surface area contributed by atoms with Crippen LogP contribution in [0.5, 0.6) is 0 Å².